The lowest BCUT2D eigenvalue weighted by atomic mass is 10.1. The van der Waals surface area contributed by atoms with Gasteiger partial charge in [0.1, 0.15) is 5.82 Å². The molecule has 1 heterocycles. The van der Waals surface area contributed by atoms with Crippen molar-refractivity contribution in [2.24, 2.45) is 7.05 Å². The van der Waals surface area contributed by atoms with Crippen LogP contribution in [0.4, 0.5) is 17.6 Å². The van der Waals surface area contributed by atoms with Crippen LogP contribution in [-0.2, 0) is 13.2 Å². The lowest BCUT2D eigenvalue weighted by Crippen LogP contribution is -2.06. The van der Waals surface area contributed by atoms with Crippen LogP contribution in [0.15, 0.2) is 18.2 Å². The van der Waals surface area contributed by atoms with E-state index in [2.05, 4.69) is 0 Å². The topological polar surface area (TPSA) is 4.93 Å². The van der Waals surface area contributed by atoms with E-state index in [4.69, 9.17) is 0 Å². The number of fused-ring (bicyclic) bond motifs is 1. The lowest BCUT2D eigenvalue weighted by Gasteiger charge is -2.08. The van der Waals surface area contributed by atoms with Gasteiger partial charge < -0.3 is 4.57 Å². The SMILES string of the molecule is Cc1cc2c(C(F)(F)F)ccc(F)c2n1C. The molecule has 2 aromatic rings. The van der Waals surface area contributed by atoms with Crippen molar-refractivity contribution in [1.82, 2.24) is 4.57 Å². The first-order chi connectivity index (χ1) is 7.32. The molecule has 2 rings (SSSR count). The Kier molecular flexibility index (Phi) is 2.22. The Labute approximate surface area is 89.3 Å². The van der Waals surface area contributed by atoms with Crippen molar-refractivity contribution in [2.45, 2.75) is 13.1 Å². The number of aromatic nitrogens is 1. The standard InChI is InChI=1S/C11H9F4N/c1-6-5-7-8(11(13,14)15)3-4-9(12)10(7)16(6)2/h3-5H,1-2H3. The Morgan fingerprint density at radius 2 is 1.81 bits per heavy atom. The number of benzene rings is 1. The summed E-state index contributed by atoms with van der Waals surface area (Å²) in [5, 5.41) is -0.0903. The van der Waals surface area contributed by atoms with Crippen molar-refractivity contribution in [3.8, 4) is 0 Å². The molecule has 1 aromatic carbocycles. The maximum atomic E-state index is 13.4. The zero-order valence-electron chi connectivity index (χ0n) is 8.69. The highest BCUT2D eigenvalue weighted by atomic mass is 19.4. The molecule has 0 saturated heterocycles. The average molecular weight is 231 g/mol. The van der Waals surface area contributed by atoms with Crippen molar-refractivity contribution < 1.29 is 17.6 Å². The van der Waals surface area contributed by atoms with Gasteiger partial charge in [-0.1, -0.05) is 0 Å². The average Bonchev–Trinajstić information content (AvgIpc) is 2.42. The smallest absolute Gasteiger partial charge is 0.346 e. The van der Waals surface area contributed by atoms with Gasteiger partial charge in [-0.15, -0.1) is 0 Å². The van der Waals surface area contributed by atoms with Gasteiger partial charge in [0.05, 0.1) is 11.1 Å². The molecular formula is C11H9F4N. The van der Waals surface area contributed by atoms with Crippen LogP contribution >= 0.6 is 0 Å². The number of aryl methyl sites for hydroxylation is 2. The summed E-state index contributed by atoms with van der Waals surface area (Å²) < 4.78 is 52.8. The molecule has 5 heteroatoms. The van der Waals surface area contributed by atoms with Crippen LogP contribution in [0.25, 0.3) is 10.9 Å². The third-order valence-electron chi connectivity index (χ3n) is 2.69. The third kappa shape index (κ3) is 1.47. The van der Waals surface area contributed by atoms with E-state index >= 15 is 0 Å². The summed E-state index contributed by atoms with van der Waals surface area (Å²) in [7, 11) is 1.54. The van der Waals surface area contributed by atoms with Gasteiger partial charge in [-0.05, 0) is 25.1 Å². The van der Waals surface area contributed by atoms with Crippen LogP contribution in [0.3, 0.4) is 0 Å². The minimum absolute atomic E-state index is 0.00711. The largest absolute Gasteiger partial charge is 0.417 e. The fraction of sp³-hybridized carbons (Fsp3) is 0.273. The first kappa shape index (κ1) is 11.0. The summed E-state index contributed by atoms with van der Waals surface area (Å²) in [5.74, 6) is -0.640. The molecule has 0 spiro atoms. The Bertz CT molecular complexity index is 551. The van der Waals surface area contributed by atoms with Gasteiger partial charge in [0.15, 0.2) is 0 Å². The number of rotatable bonds is 0. The van der Waals surface area contributed by atoms with E-state index in [-0.39, 0.29) is 10.9 Å². The van der Waals surface area contributed by atoms with Crippen molar-refractivity contribution in [2.75, 3.05) is 0 Å². The highest BCUT2D eigenvalue weighted by Gasteiger charge is 2.33. The predicted octanol–water partition coefficient (Wildman–Crippen LogP) is 3.64. The molecule has 16 heavy (non-hydrogen) atoms. The Hall–Kier alpha value is -1.52. The minimum Gasteiger partial charge on any atom is -0.346 e. The molecule has 0 bridgehead atoms. The van der Waals surface area contributed by atoms with Crippen LogP contribution in [-0.4, -0.2) is 4.57 Å². The van der Waals surface area contributed by atoms with E-state index < -0.39 is 17.6 Å². The zero-order chi connectivity index (χ0) is 12.1. The summed E-state index contributed by atoms with van der Waals surface area (Å²) >= 11 is 0. The number of halogens is 4. The molecule has 0 radical (unpaired) electrons. The van der Waals surface area contributed by atoms with Crippen LogP contribution in [0.5, 0.6) is 0 Å². The third-order valence-corrected chi connectivity index (χ3v) is 2.69. The second-order valence-corrected chi connectivity index (χ2v) is 3.70. The molecule has 1 nitrogen and oxygen atoms in total. The fourth-order valence-electron chi connectivity index (χ4n) is 1.80. The van der Waals surface area contributed by atoms with Crippen LogP contribution in [0.2, 0.25) is 0 Å². The van der Waals surface area contributed by atoms with E-state index in [9.17, 15) is 17.6 Å². The van der Waals surface area contributed by atoms with Crippen LogP contribution in [0, 0.1) is 12.7 Å². The van der Waals surface area contributed by atoms with Gasteiger partial charge in [0, 0.05) is 18.1 Å². The normalized spacial score (nSPS) is 12.4. The molecule has 86 valence electrons. The maximum absolute atomic E-state index is 13.4. The lowest BCUT2D eigenvalue weighted by molar-refractivity contribution is -0.136. The van der Waals surface area contributed by atoms with E-state index in [1.165, 1.54) is 10.6 Å². The van der Waals surface area contributed by atoms with Gasteiger partial charge in [-0.2, -0.15) is 13.2 Å². The molecule has 1 aromatic heterocycles. The monoisotopic (exact) mass is 231 g/mol. The molecule has 0 amide bonds. The summed E-state index contributed by atoms with van der Waals surface area (Å²) in [6.45, 7) is 1.64. The zero-order valence-corrected chi connectivity index (χ0v) is 8.69. The number of alkyl halides is 3. The quantitative estimate of drug-likeness (QED) is 0.610. The van der Waals surface area contributed by atoms with Crippen LogP contribution < -0.4 is 0 Å². The first-order valence-electron chi connectivity index (χ1n) is 4.64. The van der Waals surface area contributed by atoms with E-state index in [1.54, 1.807) is 14.0 Å². The molecule has 0 fully saturated rings. The molecule has 0 saturated carbocycles. The first-order valence-corrected chi connectivity index (χ1v) is 4.64. The highest BCUT2D eigenvalue weighted by molar-refractivity contribution is 5.85. The van der Waals surface area contributed by atoms with Gasteiger partial charge in [0.25, 0.3) is 0 Å². The van der Waals surface area contributed by atoms with Crippen molar-refractivity contribution in [3.63, 3.8) is 0 Å². The minimum atomic E-state index is -4.46. The van der Waals surface area contributed by atoms with E-state index in [0.29, 0.717) is 5.69 Å². The van der Waals surface area contributed by atoms with E-state index in [0.717, 1.165) is 12.1 Å². The molecule has 0 aliphatic carbocycles. The molecule has 0 N–H and O–H groups in total. The van der Waals surface area contributed by atoms with Crippen molar-refractivity contribution >= 4 is 10.9 Å². The van der Waals surface area contributed by atoms with E-state index in [1.807, 2.05) is 0 Å². The maximum Gasteiger partial charge on any atom is 0.417 e. The van der Waals surface area contributed by atoms with Gasteiger partial charge >= 0.3 is 6.18 Å². The fourth-order valence-corrected chi connectivity index (χ4v) is 1.80. The predicted molar refractivity (Wildman–Crippen MR) is 52.6 cm³/mol. The van der Waals surface area contributed by atoms with Crippen LogP contribution in [0.1, 0.15) is 11.3 Å². The number of hydrogen-bond acceptors (Lipinski definition) is 0. The highest BCUT2D eigenvalue weighted by Crippen LogP contribution is 2.36. The summed E-state index contributed by atoms with van der Waals surface area (Å²) in [4.78, 5) is 0. The number of nitrogens with zero attached hydrogens (tertiary/aromatic N) is 1. The molecule has 0 atom stereocenters. The van der Waals surface area contributed by atoms with Crippen molar-refractivity contribution in [1.29, 1.82) is 0 Å². The van der Waals surface area contributed by atoms with Gasteiger partial charge in [-0.25, -0.2) is 4.39 Å². The Morgan fingerprint density at radius 3 is 2.38 bits per heavy atom. The summed E-state index contributed by atoms with van der Waals surface area (Å²) in [6.07, 6.45) is -4.46. The molecule has 0 aliphatic rings. The second kappa shape index (κ2) is 3.23. The van der Waals surface area contributed by atoms with Gasteiger partial charge in [0.2, 0.25) is 0 Å². The number of hydrogen-bond donors (Lipinski definition) is 0. The Balaban J connectivity index is 2.90. The molecule has 0 unspecified atom stereocenters. The molecule has 0 aliphatic heterocycles. The molecular weight excluding hydrogens is 222 g/mol. The Morgan fingerprint density at radius 1 is 1.19 bits per heavy atom. The second-order valence-electron chi connectivity index (χ2n) is 3.70. The summed E-state index contributed by atoms with van der Waals surface area (Å²) in [5.41, 5.74) is -0.217. The summed E-state index contributed by atoms with van der Waals surface area (Å²) in [6, 6.07) is 2.98. The van der Waals surface area contributed by atoms with Crippen molar-refractivity contribution in [3.05, 3.63) is 35.3 Å². The van der Waals surface area contributed by atoms with Gasteiger partial charge in [-0.3, -0.25) is 0 Å².